The molecule has 1 unspecified atom stereocenters. The number of nitrogens with zero attached hydrogens (tertiary/aromatic N) is 2. The maximum Gasteiger partial charge on any atom is 0.513 e. The van der Waals surface area contributed by atoms with Gasteiger partial charge in [0.25, 0.3) is 0 Å². The smallest absolute Gasteiger partial charge is 0.435 e. The molecule has 1 N–H and O–H groups in total. The molecule has 1 saturated heterocycles. The maximum atomic E-state index is 12.6. The van der Waals surface area contributed by atoms with E-state index in [0.717, 1.165) is 19.3 Å². The first-order chi connectivity index (χ1) is 11.7. The van der Waals surface area contributed by atoms with Crippen LogP contribution in [0.5, 0.6) is 0 Å². The van der Waals surface area contributed by atoms with Crippen molar-refractivity contribution in [3.8, 4) is 0 Å². The third kappa shape index (κ3) is 4.32. The summed E-state index contributed by atoms with van der Waals surface area (Å²) in [5.74, 6) is 0.00293. The van der Waals surface area contributed by atoms with Gasteiger partial charge >= 0.3 is 6.09 Å². The molecule has 0 spiro atoms. The van der Waals surface area contributed by atoms with Gasteiger partial charge in [0.05, 0.1) is 19.6 Å². The Kier molecular flexibility index (Phi) is 6.09. The van der Waals surface area contributed by atoms with E-state index in [2.05, 4.69) is 20.8 Å². The average Bonchev–Trinajstić information content (AvgIpc) is 2.77. The highest BCUT2D eigenvalue weighted by Crippen LogP contribution is 2.40. The van der Waals surface area contributed by atoms with Gasteiger partial charge in [-0.2, -0.15) is 4.79 Å². The summed E-state index contributed by atoms with van der Waals surface area (Å²) >= 11 is 0. The van der Waals surface area contributed by atoms with Crippen molar-refractivity contribution in [3.05, 3.63) is 23.3 Å². The first kappa shape index (κ1) is 19.7. The van der Waals surface area contributed by atoms with Crippen molar-refractivity contribution in [1.29, 1.82) is 0 Å². The van der Waals surface area contributed by atoms with Crippen molar-refractivity contribution in [1.82, 2.24) is 4.90 Å². The Balaban J connectivity index is 2.07. The fraction of sp³-hybridized carbons (Fsp3) is 0.700. The molecule has 1 heterocycles. The second-order valence-corrected chi connectivity index (χ2v) is 8.13. The molecular weight excluding hydrogens is 316 g/mol. The zero-order valence-corrected chi connectivity index (χ0v) is 16.2. The van der Waals surface area contributed by atoms with Crippen LogP contribution in [0.3, 0.4) is 0 Å². The monoisotopic (exact) mass is 349 g/mol. The SMILES string of the molecule is CC[N+]1(C(=O)O)CCCN(C(=O)/C=C/C2=C(C)CCCC2(C)C)CC1. The lowest BCUT2D eigenvalue weighted by Crippen LogP contribution is -2.54. The van der Waals surface area contributed by atoms with Crippen LogP contribution in [0, 0.1) is 5.41 Å². The summed E-state index contributed by atoms with van der Waals surface area (Å²) in [6, 6.07) is 0. The number of hydrogen-bond donors (Lipinski definition) is 1. The molecule has 5 nitrogen and oxygen atoms in total. The molecule has 0 aromatic heterocycles. The molecule has 5 heteroatoms. The number of likely N-dealkylation sites (N-methyl/N-ethyl adjacent to an activating group) is 1. The van der Waals surface area contributed by atoms with Crippen molar-refractivity contribution in [2.24, 2.45) is 5.41 Å². The van der Waals surface area contributed by atoms with Crippen molar-refractivity contribution < 1.29 is 19.2 Å². The lowest BCUT2D eigenvalue weighted by atomic mass is 9.72. The predicted molar refractivity (Wildman–Crippen MR) is 99.2 cm³/mol. The minimum atomic E-state index is -0.780. The van der Waals surface area contributed by atoms with Crippen molar-refractivity contribution in [3.63, 3.8) is 0 Å². The summed E-state index contributed by atoms with van der Waals surface area (Å²) in [6.07, 6.45) is 7.11. The highest BCUT2D eigenvalue weighted by Gasteiger charge is 2.37. The Morgan fingerprint density at radius 2 is 1.96 bits per heavy atom. The third-order valence-corrected chi connectivity index (χ3v) is 6.07. The minimum Gasteiger partial charge on any atom is -0.435 e. The van der Waals surface area contributed by atoms with Crippen molar-refractivity contribution in [2.45, 2.75) is 53.4 Å². The molecule has 2 rings (SSSR count). The van der Waals surface area contributed by atoms with E-state index in [4.69, 9.17) is 0 Å². The van der Waals surface area contributed by atoms with Gasteiger partial charge in [0.1, 0.15) is 6.54 Å². The number of carboxylic acid groups (broad SMARTS) is 1. The molecule has 1 aliphatic carbocycles. The van der Waals surface area contributed by atoms with Crippen LogP contribution >= 0.6 is 0 Å². The number of allylic oxidation sites excluding steroid dienone is 3. The summed E-state index contributed by atoms with van der Waals surface area (Å²) < 4.78 is 0.0603. The van der Waals surface area contributed by atoms with Crippen LogP contribution in [-0.4, -0.2) is 59.2 Å². The quantitative estimate of drug-likeness (QED) is 0.622. The fourth-order valence-electron chi connectivity index (χ4n) is 4.23. The van der Waals surface area contributed by atoms with E-state index < -0.39 is 6.09 Å². The zero-order chi connectivity index (χ0) is 18.7. The standard InChI is InChI=1S/C20H32N2O3/c1-5-22(19(24)25)14-7-12-21(13-15-22)18(23)10-9-17-16(2)8-6-11-20(17,3)4/h9-10H,5-8,11-15H2,1-4H3/p+1/b10-9+. The van der Waals surface area contributed by atoms with E-state index in [0.29, 0.717) is 32.7 Å². The Morgan fingerprint density at radius 3 is 2.56 bits per heavy atom. The Morgan fingerprint density at radius 1 is 1.24 bits per heavy atom. The van der Waals surface area contributed by atoms with Gasteiger partial charge in [-0.15, -0.1) is 0 Å². The first-order valence-corrected chi connectivity index (χ1v) is 9.49. The summed E-state index contributed by atoms with van der Waals surface area (Å²) in [6.45, 7) is 11.3. The first-order valence-electron chi connectivity index (χ1n) is 9.49. The van der Waals surface area contributed by atoms with Gasteiger partial charge in [-0.3, -0.25) is 4.79 Å². The number of hydrogen-bond acceptors (Lipinski definition) is 2. The average molecular weight is 349 g/mol. The molecule has 0 aromatic rings. The van der Waals surface area contributed by atoms with E-state index >= 15 is 0 Å². The number of carbonyl (C=O) groups excluding carboxylic acids is 1. The molecule has 0 aromatic carbocycles. The normalized spacial score (nSPS) is 27.4. The third-order valence-electron chi connectivity index (χ3n) is 6.07. The largest absolute Gasteiger partial charge is 0.513 e. The highest BCUT2D eigenvalue weighted by molar-refractivity contribution is 5.88. The molecule has 0 radical (unpaired) electrons. The lowest BCUT2D eigenvalue weighted by Gasteiger charge is -2.33. The Labute approximate surface area is 151 Å². The molecule has 0 bridgehead atoms. The molecule has 1 atom stereocenters. The molecule has 0 saturated carbocycles. The van der Waals surface area contributed by atoms with E-state index in [1.165, 1.54) is 17.6 Å². The summed E-state index contributed by atoms with van der Waals surface area (Å²) in [5, 5.41) is 9.55. The van der Waals surface area contributed by atoms with E-state index in [-0.39, 0.29) is 15.8 Å². The van der Waals surface area contributed by atoms with Crippen LogP contribution < -0.4 is 0 Å². The maximum absolute atomic E-state index is 12.6. The predicted octanol–water partition coefficient (Wildman–Crippen LogP) is 3.82. The Hall–Kier alpha value is -1.62. The van der Waals surface area contributed by atoms with Crippen molar-refractivity contribution in [2.75, 3.05) is 32.7 Å². The van der Waals surface area contributed by atoms with Crippen LogP contribution in [-0.2, 0) is 4.79 Å². The number of quaternary nitrogens is 1. The second kappa shape index (κ2) is 7.73. The van der Waals surface area contributed by atoms with Gasteiger partial charge in [-0.25, -0.2) is 4.48 Å². The van der Waals surface area contributed by atoms with Gasteiger partial charge in [0, 0.05) is 19.0 Å². The molecular formula is C20H33N2O3+. The molecule has 140 valence electrons. The van der Waals surface area contributed by atoms with Gasteiger partial charge < -0.3 is 10.0 Å². The van der Waals surface area contributed by atoms with Crippen LogP contribution in [0.2, 0.25) is 0 Å². The zero-order valence-electron chi connectivity index (χ0n) is 16.2. The van der Waals surface area contributed by atoms with Gasteiger partial charge in [0.15, 0.2) is 0 Å². The van der Waals surface area contributed by atoms with Crippen molar-refractivity contribution >= 4 is 12.0 Å². The summed E-state index contributed by atoms with van der Waals surface area (Å²) in [4.78, 5) is 26.1. The summed E-state index contributed by atoms with van der Waals surface area (Å²) in [7, 11) is 0. The molecule has 2 aliphatic rings. The van der Waals surface area contributed by atoms with Gasteiger partial charge in [0.2, 0.25) is 5.91 Å². The fourth-order valence-corrected chi connectivity index (χ4v) is 4.23. The molecule has 25 heavy (non-hydrogen) atoms. The van der Waals surface area contributed by atoms with E-state index in [1.807, 2.05) is 13.0 Å². The second-order valence-electron chi connectivity index (χ2n) is 8.13. The minimum absolute atomic E-state index is 0.00293. The van der Waals surface area contributed by atoms with Crippen LogP contribution in [0.15, 0.2) is 23.3 Å². The highest BCUT2D eigenvalue weighted by atomic mass is 16.4. The lowest BCUT2D eigenvalue weighted by molar-refractivity contribution is -0.853. The number of carbonyl (C=O) groups is 2. The topological polar surface area (TPSA) is 57.6 Å². The van der Waals surface area contributed by atoms with Gasteiger partial charge in [-0.05, 0) is 44.1 Å². The van der Waals surface area contributed by atoms with E-state index in [9.17, 15) is 14.7 Å². The van der Waals surface area contributed by atoms with E-state index in [1.54, 1.807) is 11.0 Å². The molecule has 1 fully saturated rings. The van der Waals surface area contributed by atoms with Crippen LogP contribution in [0.25, 0.3) is 0 Å². The number of rotatable bonds is 3. The van der Waals surface area contributed by atoms with Crippen LogP contribution in [0.1, 0.15) is 53.4 Å². The number of amides is 2. The summed E-state index contributed by atoms with van der Waals surface area (Å²) in [5.41, 5.74) is 2.78. The molecule has 2 amide bonds. The van der Waals surface area contributed by atoms with Gasteiger partial charge in [-0.1, -0.05) is 25.5 Å². The molecule has 1 aliphatic heterocycles. The van der Waals surface area contributed by atoms with Crippen LogP contribution in [0.4, 0.5) is 4.79 Å². The Bertz CT molecular complexity index is 592.